The number of benzene rings is 1. The topological polar surface area (TPSA) is 61.4 Å². The summed E-state index contributed by atoms with van der Waals surface area (Å²) in [5, 5.41) is 15.3. The minimum atomic E-state index is -0.168. The third-order valence-corrected chi connectivity index (χ3v) is 4.02. The van der Waals surface area contributed by atoms with Gasteiger partial charge in [0.15, 0.2) is 0 Å². The van der Waals surface area contributed by atoms with Gasteiger partial charge in [-0.15, -0.1) is 0 Å². The van der Waals surface area contributed by atoms with Crippen LogP contribution >= 0.6 is 0 Å². The predicted molar refractivity (Wildman–Crippen MR) is 80.9 cm³/mol. The van der Waals surface area contributed by atoms with Crippen molar-refractivity contribution < 1.29 is 9.90 Å². The van der Waals surface area contributed by atoms with E-state index >= 15 is 0 Å². The maximum atomic E-state index is 12.0. The lowest BCUT2D eigenvalue weighted by Gasteiger charge is -2.25. The molecule has 0 bridgehead atoms. The van der Waals surface area contributed by atoms with Gasteiger partial charge in [0.1, 0.15) is 0 Å². The third-order valence-electron chi connectivity index (χ3n) is 4.02. The number of anilines is 1. The Morgan fingerprint density at radius 3 is 2.55 bits per heavy atom. The standard InChI is InChI=1S/C16H24N2O2/c1-2-14(11-19)18-16(20)13-6-8-15(9-7-13)17-10-12-4-3-5-12/h6-9,12,14,17,19H,2-5,10-11H2,1H3,(H,18,20)/t14-/m1/s1. The molecule has 20 heavy (non-hydrogen) atoms. The first-order valence-corrected chi connectivity index (χ1v) is 7.48. The first kappa shape index (κ1) is 14.9. The number of hydrogen-bond acceptors (Lipinski definition) is 3. The molecule has 2 rings (SSSR count). The maximum Gasteiger partial charge on any atom is 0.251 e. The van der Waals surface area contributed by atoms with Gasteiger partial charge in [-0.25, -0.2) is 0 Å². The largest absolute Gasteiger partial charge is 0.394 e. The SMILES string of the molecule is CC[C@H](CO)NC(=O)c1ccc(NCC2CCC2)cc1. The lowest BCUT2D eigenvalue weighted by Crippen LogP contribution is -2.36. The first-order chi connectivity index (χ1) is 9.72. The zero-order valence-electron chi connectivity index (χ0n) is 12.1. The van der Waals surface area contributed by atoms with Crippen LogP contribution in [0.4, 0.5) is 5.69 Å². The third kappa shape index (κ3) is 3.97. The minimum Gasteiger partial charge on any atom is -0.394 e. The molecule has 1 amide bonds. The molecule has 1 fully saturated rings. The zero-order valence-corrected chi connectivity index (χ0v) is 12.1. The van der Waals surface area contributed by atoms with E-state index in [0.717, 1.165) is 24.6 Å². The molecular weight excluding hydrogens is 252 g/mol. The molecule has 0 radical (unpaired) electrons. The van der Waals surface area contributed by atoms with Gasteiger partial charge in [-0.1, -0.05) is 13.3 Å². The van der Waals surface area contributed by atoms with Crippen LogP contribution < -0.4 is 10.6 Å². The highest BCUT2D eigenvalue weighted by atomic mass is 16.3. The molecule has 1 aliphatic carbocycles. The molecule has 1 atom stereocenters. The van der Waals surface area contributed by atoms with E-state index in [4.69, 9.17) is 5.11 Å². The molecule has 0 unspecified atom stereocenters. The van der Waals surface area contributed by atoms with Crippen LogP contribution in [0.15, 0.2) is 24.3 Å². The summed E-state index contributed by atoms with van der Waals surface area (Å²) in [7, 11) is 0. The van der Waals surface area contributed by atoms with Gasteiger partial charge in [-0.2, -0.15) is 0 Å². The summed E-state index contributed by atoms with van der Waals surface area (Å²) in [5.41, 5.74) is 1.69. The molecule has 0 saturated heterocycles. The van der Waals surface area contributed by atoms with Gasteiger partial charge in [-0.3, -0.25) is 4.79 Å². The van der Waals surface area contributed by atoms with Crippen molar-refractivity contribution >= 4 is 11.6 Å². The summed E-state index contributed by atoms with van der Waals surface area (Å²) in [6.07, 6.45) is 4.73. The average molecular weight is 276 g/mol. The van der Waals surface area contributed by atoms with Crippen molar-refractivity contribution in [3.8, 4) is 0 Å². The van der Waals surface area contributed by atoms with Crippen molar-refractivity contribution in [3.63, 3.8) is 0 Å². The molecule has 1 aromatic carbocycles. The Morgan fingerprint density at radius 1 is 1.35 bits per heavy atom. The molecule has 0 aromatic heterocycles. The van der Waals surface area contributed by atoms with Gasteiger partial charge in [0.25, 0.3) is 5.91 Å². The molecule has 1 aliphatic rings. The highest BCUT2D eigenvalue weighted by Crippen LogP contribution is 2.26. The van der Waals surface area contributed by atoms with Crippen LogP contribution in [0.2, 0.25) is 0 Å². The quantitative estimate of drug-likeness (QED) is 0.716. The van der Waals surface area contributed by atoms with Crippen molar-refractivity contribution in [1.29, 1.82) is 0 Å². The van der Waals surface area contributed by atoms with Crippen molar-refractivity contribution in [2.75, 3.05) is 18.5 Å². The van der Waals surface area contributed by atoms with E-state index in [9.17, 15) is 4.79 Å². The number of nitrogens with one attached hydrogen (secondary N) is 2. The van der Waals surface area contributed by atoms with E-state index in [-0.39, 0.29) is 18.6 Å². The number of amides is 1. The van der Waals surface area contributed by atoms with Crippen LogP contribution in [0, 0.1) is 5.92 Å². The number of aliphatic hydroxyl groups is 1. The first-order valence-electron chi connectivity index (χ1n) is 7.48. The fraction of sp³-hybridized carbons (Fsp3) is 0.562. The van der Waals surface area contributed by atoms with Crippen LogP contribution in [-0.2, 0) is 0 Å². The summed E-state index contributed by atoms with van der Waals surface area (Å²) in [4.78, 5) is 12.0. The van der Waals surface area contributed by atoms with Crippen LogP contribution in [0.1, 0.15) is 43.0 Å². The Labute approximate surface area is 120 Å². The fourth-order valence-electron chi connectivity index (χ4n) is 2.24. The second-order valence-electron chi connectivity index (χ2n) is 5.52. The fourth-order valence-corrected chi connectivity index (χ4v) is 2.24. The lowest BCUT2D eigenvalue weighted by molar-refractivity contribution is 0.0915. The lowest BCUT2D eigenvalue weighted by atomic mass is 9.85. The van der Waals surface area contributed by atoms with Gasteiger partial charge < -0.3 is 15.7 Å². The van der Waals surface area contributed by atoms with Crippen LogP contribution in [0.25, 0.3) is 0 Å². The van der Waals surface area contributed by atoms with Gasteiger partial charge in [0, 0.05) is 17.8 Å². The van der Waals surface area contributed by atoms with Gasteiger partial charge in [0.05, 0.1) is 12.6 Å². The Hall–Kier alpha value is -1.55. The minimum absolute atomic E-state index is 0.0245. The zero-order chi connectivity index (χ0) is 14.4. The Morgan fingerprint density at radius 2 is 2.05 bits per heavy atom. The predicted octanol–water partition coefficient (Wildman–Crippen LogP) is 2.40. The normalized spacial score (nSPS) is 16.3. The molecule has 0 heterocycles. The molecule has 3 N–H and O–H groups in total. The van der Waals surface area contributed by atoms with Crippen LogP contribution in [-0.4, -0.2) is 30.2 Å². The van der Waals surface area contributed by atoms with Crippen LogP contribution in [0.3, 0.4) is 0 Å². The van der Waals surface area contributed by atoms with Crippen molar-refractivity contribution in [1.82, 2.24) is 5.32 Å². The smallest absolute Gasteiger partial charge is 0.251 e. The number of aliphatic hydroxyl groups excluding tert-OH is 1. The van der Waals surface area contributed by atoms with Gasteiger partial charge in [0.2, 0.25) is 0 Å². The van der Waals surface area contributed by atoms with Crippen molar-refractivity contribution in [2.24, 2.45) is 5.92 Å². The van der Waals surface area contributed by atoms with E-state index in [1.807, 2.05) is 31.2 Å². The molecule has 0 spiro atoms. The average Bonchev–Trinajstić information content (AvgIpc) is 2.43. The Balaban J connectivity index is 1.84. The molecule has 0 aliphatic heterocycles. The van der Waals surface area contributed by atoms with Crippen molar-refractivity contribution in [3.05, 3.63) is 29.8 Å². The van der Waals surface area contributed by atoms with Gasteiger partial charge >= 0.3 is 0 Å². The molecular formula is C16H24N2O2. The summed E-state index contributed by atoms with van der Waals surface area (Å²) < 4.78 is 0. The van der Waals surface area contributed by atoms with Crippen LogP contribution in [0.5, 0.6) is 0 Å². The van der Waals surface area contributed by atoms with E-state index in [2.05, 4.69) is 10.6 Å². The summed E-state index contributed by atoms with van der Waals surface area (Å²) in [6, 6.07) is 7.35. The molecule has 1 aromatic rings. The van der Waals surface area contributed by atoms with E-state index in [0.29, 0.717) is 5.56 Å². The second kappa shape index (κ2) is 7.29. The second-order valence-corrected chi connectivity index (χ2v) is 5.52. The van der Waals surface area contributed by atoms with E-state index < -0.39 is 0 Å². The molecule has 1 saturated carbocycles. The highest BCUT2D eigenvalue weighted by Gasteiger charge is 2.16. The number of rotatable bonds is 7. The van der Waals surface area contributed by atoms with Gasteiger partial charge in [-0.05, 0) is 49.4 Å². The highest BCUT2D eigenvalue weighted by molar-refractivity contribution is 5.94. The van der Waals surface area contributed by atoms with E-state index in [1.54, 1.807) is 0 Å². The maximum absolute atomic E-state index is 12.0. The number of hydrogen-bond donors (Lipinski definition) is 3. The monoisotopic (exact) mass is 276 g/mol. The number of carbonyl (C=O) groups is 1. The Kier molecular flexibility index (Phi) is 5.41. The summed E-state index contributed by atoms with van der Waals surface area (Å²) in [5.74, 6) is 0.685. The van der Waals surface area contributed by atoms with Crippen molar-refractivity contribution in [2.45, 2.75) is 38.6 Å². The van der Waals surface area contributed by atoms with E-state index in [1.165, 1.54) is 19.3 Å². The molecule has 110 valence electrons. The molecule has 4 nitrogen and oxygen atoms in total. The summed E-state index contributed by atoms with van der Waals surface area (Å²) in [6.45, 7) is 2.94. The number of carbonyl (C=O) groups excluding carboxylic acids is 1. The summed E-state index contributed by atoms with van der Waals surface area (Å²) >= 11 is 0. The molecule has 4 heteroatoms. The Bertz CT molecular complexity index is 423.